The predicted octanol–water partition coefficient (Wildman–Crippen LogP) is 1.50. The Balaban J connectivity index is 2.66. The summed E-state index contributed by atoms with van der Waals surface area (Å²) < 4.78 is 0. The van der Waals surface area contributed by atoms with Gasteiger partial charge in [-0.05, 0) is 6.92 Å². The molecule has 0 fully saturated rings. The lowest BCUT2D eigenvalue weighted by Gasteiger charge is -2.08. The van der Waals surface area contributed by atoms with Crippen LogP contribution in [-0.4, -0.2) is 21.6 Å². The first-order valence-corrected chi connectivity index (χ1v) is 4.45. The van der Waals surface area contributed by atoms with Gasteiger partial charge in [0.15, 0.2) is 5.72 Å². The summed E-state index contributed by atoms with van der Waals surface area (Å²) in [6, 6.07) is 0. The molecule has 1 heterocycles. The van der Waals surface area contributed by atoms with E-state index in [1.165, 1.54) is 0 Å². The molecule has 0 aromatic carbocycles. The van der Waals surface area contributed by atoms with Crippen molar-refractivity contribution in [3.05, 3.63) is 0 Å². The van der Waals surface area contributed by atoms with E-state index in [0.29, 0.717) is 11.7 Å². The second kappa shape index (κ2) is 2.55. The van der Waals surface area contributed by atoms with Gasteiger partial charge in [-0.3, -0.25) is 0 Å². The highest BCUT2D eigenvalue weighted by Gasteiger charge is 2.28. The van der Waals surface area contributed by atoms with Gasteiger partial charge in [0, 0.05) is 11.7 Å². The van der Waals surface area contributed by atoms with Crippen molar-refractivity contribution in [3.63, 3.8) is 0 Å². The average molecular weight is 159 g/mol. The standard InChI is InChI=1S/C7H13NOS/c1-5(2)6-8-7(3,9)4-10-6/h5,9H,4H2,1-3H3. The van der Waals surface area contributed by atoms with Crippen LogP contribution >= 0.6 is 11.8 Å². The fraction of sp³-hybridized carbons (Fsp3) is 0.857. The summed E-state index contributed by atoms with van der Waals surface area (Å²) in [5.41, 5.74) is -0.801. The van der Waals surface area contributed by atoms with Crippen LogP contribution in [0.25, 0.3) is 0 Å². The van der Waals surface area contributed by atoms with Gasteiger partial charge in [0.2, 0.25) is 0 Å². The summed E-state index contributed by atoms with van der Waals surface area (Å²) in [5.74, 6) is 1.17. The minimum absolute atomic E-state index is 0.457. The third-order valence-electron chi connectivity index (χ3n) is 1.34. The smallest absolute Gasteiger partial charge is 0.163 e. The first-order chi connectivity index (χ1) is 4.51. The highest BCUT2D eigenvalue weighted by molar-refractivity contribution is 8.14. The van der Waals surface area contributed by atoms with Crippen molar-refractivity contribution in [2.45, 2.75) is 26.5 Å². The van der Waals surface area contributed by atoms with Crippen LogP contribution in [0.2, 0.25) is 0 Å². The normalized spacial score (nSPS) is 33.1. The van der Waals surface area contributed by atoms with Crippen molar-refractivity contribution in [2.24, 2.45) is 10.9 Å². The van der Waals surface area contributed by atoms with Gasteiger partial charge in [-0.25, -0.2) is 4.99 Å². The maximum absolute atomic E-state index is 9.41. The number of rotatable bonds is 1. The van der Waals surface area contributed by atoms with Gasteiger partial charge in [0.1, 0.15) is 0 Å². The van der Waals surface area contributed by atoms with E-state index in [1.807, 2.05) is 0 Å². The summed E-state index contributed by atoms with van der Waals surface area (Å²) >= 11 is 1.66. The van der Waals surface area contributed by atoms with Crippen molar-refractivity contribution in [2.75, 3.05) is 5.75 Å². The maximum Gasteiger partial charge on any atom is 0.163 e. The van der Waals surface area contributed by atoms with E-state index in [0.717, 1.165) is 5.04 Å². The highest BCUT2D eigenvalue weighted by atomic mass is 32.2. The molecule has 0 saturated heterocycles. The van der Waals surface area contributed by atoms with Crippen LogP contribution in [-0.2, 0) is 0 Å². The quantitative estimate of drug-likeness (QED) is 0.629. The molecule has 0 saturated carbocycles. The molecule has 1 atom stereocenters. The molecule has 1 rings (SSSR count). The predicted molar refractivity (Wildman–Crippen MR) is 45.4 cm³/mol. The van der Waals surface area contributed by atoms with Crippen molar-refractivity contribution < 1.29 is 5.11 Å². The minimum Gasteiger partial charge on any atom is -0.369 e. The lowest BCUT2D eigenvalue weighted by molar-refractivity contribution is 0.0985. The zero-order chi connectivity index (χ0) is 7.78. The Labute approximate surface area is 65.7 Å². The van der Waals surface area contributed by atoms with Crippen molar-refractivity contribution in [1.29, 1.82) is 0 Å². The third-order valence-corrected chi connectivity index (χ3v) is 2.89. The topological polar surface area (TPSA) is 32.6 Å². The van der Waals surface area contributed by atoms with Crippen LogP contribution in [0.3, 0.4) is 0 Å². The van der Waals surface area contributed by atoms with E-state index in [1.54, 1.807) is 18.7 Å². The fourth-order valence-corrected chi connectivity index (χ4v) is 1.89. The van der Waals surface area contributed by atoms with Crippen LogP contribution in [0.1, 0.15) is 20.8 Å². The maximum atomic E-state index is 9.41. The third kappa shape index (κ3) is 1.73. The average Bonchev–Trinajstić information content (AvgIpc) is 2.10. The summed E-state index contributed by atoms with van der Waals surface area (Å²) in [6.45, 7) is 5.93. The molecule has 3 heteroatoms. The number of aliphatic imine (C=N–C) groups is 1. The summed E-state index contributed by atoms with van der Waals surface area (Å²) in [6.07, 6.45) is 0. The lowest BCUT2D eigenvalue weighted by Crippen LogP contribution is -2.20. The lowest BCUT2D eigenvalue weighted by atomic mass is 10.2. The van der Waals surface area contributed by atoms with Gasteiger partial charge in [0.05, 0.1) is 5.04 Å². The Kier molecular flexibility index (Phi) is 2.06. The van der Waals surface area contributed by atoms with E-state index >= 15 is 0 Å². The van der Waals surface area contributed by atoms with Crippen LogP contribution in [0, 0.1) is 5.92 Å². The van der Waals surface area contributed by atoms with Crippen molar-refractivity contribution in [3.8, 4) is 0 Å². The molecule has 0 aromatic heterocycles. The molecule has 58 valence electrons. The highest BCUT2D eigenvalue weighted by Crippen LogP contribution is 2.28. The molecule has 0 amide bonds. The Hall–Kier alpha value is -0.0200. The van der Waals surface area contributed by atoms with E-state index in [-0.39, 0.29) is 0 Å². The zero-order valence-electron chi connectivity index (χ0n) is 6.59. The Bertz CT molecular complexity index is 163. The molecule has 0 aromatic rings. The van der Waals surface area contributed by atoms with Crippen LogP contribution in [0.4, 0.5) is 0 Å². The number of nitrogens with zero attached hydrogens (tertiary/aromatic N) is 1. The number of hydrogen-bond donors (Lipinski definition) is 1. The van der Waals surface area contributed by atoms with Gasteiger partial charge < -0.3 is 5.11 Å². The van der Waals surface area contributed by atoms with Gasteiger partial charge in [-0.1, -0.05) is 13.8 Å². The monoisotopic (exact) mass is 159 g/mol. The first-order valence-electron chi connectivity index (χ1n) is 3.46. The van der Waals surface area contributed by atoms with Crippen LogP contribution in [0.15, 0.2) is 4.99 Å². The molecule has 0 aliphatic carbocycles. The Morgan fingerprint density at radius 1 is 1.70 bits per heavy atom. The van der Waals surface area contributed by atoms with Gasteiger partial charge in [-0.15, -0.1) is 11.8 Å². The van der Waals surface area contributed by atoms with Crippen molar-refractivity contribution >= 4 is 16.8 Å². The summed E-state index contributed by atoms with van der Waals surface area (Å²) in [5, 5.41) is 10.5. The number of aliphatic hydroxyl groups is 1. The number of thioether (sulfide) groups is 1. The zero-order valence-corrected chi connectivity index (χ0v) is 7.40. The minimum atomic E-state index is -0.801. The Morgan fingerprint density at radius 2 is 2.30 bits per heavy atom. The van der Waals surface area contributed by atoms with Gasteiger partial charge in [0.25, 0.3) is 0 Å². The molecule has 1 aliphatic heterocycles. The molecule has 0 spiro atoms. The van der Waals surface area contributed by atoms with Crippen LogP contribution < -0.4 is 0 Å². The molecular weight excluding hydrogens is 146 g/mol. The first kappa shape index (κ1) is 8.08. The van der Waals surface area contributed by atoms with Gasteiger partial charge in [-0.2, -0.15) is 0 Å². The summed E-state index contributed by atoms with van der Waals surface area (Å²) in [4.78, 5) is 4.16. The van der Waals surface area contributed by atoms with E-state index in [4.69, 9.17) is 0 Å². The molecule has 0 radical (unpaired) electrons. The largest absolute Gasteiger partial charge is 0.369 e. The molecule has 10 heavy (non-hydrogen) atoms. The molecule has 1 unspecified atom stereocenters. The van der Waals surface area contributed by atoms with E-state index < -0.39 is 5.72 Å². The van der Waals surface area contributed by atoms with E-state index in [2.05, 4.69) is 18.8 Å². The Morgan fingerprint density at radius 3 is 2.50 bits per heavy atom. The number of hydrogen-bond acceptors (Lipinski definition) is 3. The fourth-order valence-electron chi connectivity index (χ4n) is 0.808. The molecule has 1 aliphatic rings. The van der Waals surface area contributed by atoms with Crippen molar-refractivity contribution in [1.82, 2.24) is 0 Å². The van der Waals surface area contributed by atoms with Crippen LogP contribution in [0.5, 0.6) is 0 Å². The molecule has 2 nitrogen and oxygen atoms in total. The van der Waals surface area contributed by atoms with Gasteiger partial charge >= 0.3 is 0 Å². The second-order valence-corrected chi connectivity index (χ2v) is 4.11. The molecule has 1 N–H and O–H groups in total. The van der Waals surface area contributed by atoms with E-state index in [9.17, 15) is 5.11 Å². The SMILES string of the molecule is CC(C)C1=NC(C)(O)CS1. The molecular formula is C7H13NOS. The second-order valence-electron chi connectivity index (χ2n) is 3.11. The molecule has 0 bridgehead atoms. The summed E-state index contributed by atoms with van der Waals surface area (Å²) in [7, 11) is 0.